The van der Waals surface area contributed by atoms with Crippen LogP contribution in [0, 0.1) is 0 Å². The van der Waals surface area contributed by atoms with Gasteiger partial charge in [0.2, 0.25) is 0 Å². The first kappa shape index (κ1) is 22.8. The number of methoxy groups -OCH3 is 1. The van der Waals surface area contributed by atoms with E-state index in [0.29, 0.717) is 11.3 Å². The van der Waals surface area contributed by atoms with Crippen LogP contribution < -0.4 is 10.1 Å². The highest BCUT2D eigenvalue weighted by molar-refractivity contribution is 5.94. The molecule has 174 valence electrons. The Morgan fingerprint density at radius 2 is 1.79 bits per heavy atom. The molecule has 6 nitrogen and oxygen atoms in total. The highest BCUT2D eigenvalue weighted by atomic mass is 19.4. The number of aromatic nitrogens is 2. The predicted molar refractivity (Wildman–Crippen MR) is 117 cm³/mol. The fourth-order valence-electron chi connectivity index (χ4n) is 3.96. The Labute approximate surface area is 190 Å². The average molecular weight is 458 g/mol. The monoisotopic (exact) mass is 458 g/mol. The van der Waals surface area contributed by atoms with Crippen LogP contribution in [-0.2, 0) is 12.7 Å². The summed E-state index contributed by atoms with van der Waals surface area (Å²) in [5.41, 5.74) is 1.09. The molecule has 0 unspecified atom stereocenters. The number of halogens is 3. The second-order valence-corrected chi connectivity index (χ2v) is 8.03. The predicted octanol–water partition coefficient (Wildman–Crippen LogP) is 4.29. The van der Waals surface area contributed by atoms with Crippen LogP contribution in [0.1, 0.15) is 34.5 Å². The number of alkyl halides is 3. The molecule has 1 N–H and O–H groups in total. The lowest BCUT2D eigenvalue weighted by Gasteiger charge is -2.32. The van der Waals surface area contributed by atoms with E-state index in [0.717, 1.165) is 54.5 Å². The van der Waals surface area contributed by atoms with Crippen molar-refractivity contribution in [1.29, 1.82) is 0 Å². The first-order valence-electron chi connectivity index (χ1n) is 10.7. The van der Waals surface area contributed by atoms with E-state index >= 15 is 0 Å². The van der Waals surface area contributed by atoms with E-state index in [9.17, 15) is 18.0 Å². The number of nitrogens with zero attached hydrogens (tertiary/aromatic N) is 3. The summed E-state index contributed by atoms with van der Waals surface area (Å²) >= 11 is 0. The summed E-state index contributed by atoms with van der Waals surface area (Å²) in [7, 11) is 1.67. The number of hydrogen-bond donors (Lipinski definition) is 1. The molecule has 0 saturated carbocycles. The number of benzene rings is 2. The largest absolute Gasteiger partial charge is 0.496 e. The van der Waals surface area contributed by atoms with Crippen molar-refractivity contribution in [3.05, 3.63) is 77.6 Å². The minimum absolute atomic E-state index is 0.0755. The summed E-state index contributed by atoms with van der Waals surface area (Å²) in [5, 5.41) is 6.61. The van der Waals surface area contributed by atoms with Crippen LogP contribution in [0.4, 0.5) is 13.2 Å². The third-order valence-corrected chi connectivity index (χ3v) is 5.78. The average Bonchev–Trinajstić information content (AvgIpc) is 3.32. The third-order valence-electron chi connectivity index (χ3n) is 5.78. The van der Waals surface area contributed by atoms with E-state index in [4.69, 9.17) is 4.74 Å². The molecule has 0 radical (unpaired) electrons. The van der Waals surface area contributed by atoms with Crippen molar-refractivity contribution in [3.63, 3.8) is 0 Å². The van der Waals surface area contributed by atoms with Crippen molar-refractivity contribution in [1.82, 2.24) is 20.0 Å². The van der Waals surface area contributed by atoms with E-state index in [1.54, 1.807) is 31.4 Å². The van der Waals surface area contributed by atoms with Crippen molar-refractivity contribution in [2.45, 2.75) is 31.6 Å². The number of carbonyl (C=O) groups is 1. The van der Waals surface area contributed by atoms with E-state index in [1.807, 2.05) is 18.2 Å². The molecule has 1 aromatic heterocycles. The number of ether oxygens (including phenoxy) is 1. The van der Waals surface area contributed by atoms with Gasteiger partial charge in [-0.3, -0.25) is 9.69 Å². The van der Waals surface area contributed by atoms with E-state index < -0.39 is 11.9 Å². The number of amides is 1. The molecular weight excluding hydrogens is 433 g/mol. The highest BCUT2D eigenvalue weighted by Gasteiger charge is 2.33. The maximum atomic E-state index is 12.7. The summed E-state index contributed by atoms with van der Waals surface area (Å²) < 4.78 is 44.8. The smallest absolute Gasteiger partial charge is 0.435 e. The molecule has 2 heterocycles. The lowest BCUT2D eigenvalue weighted by molar-refractivity contribution is -0.141. The number of likely N-dealkylation sites (tertiary alicyclic amines) is 1. The summed E-state index contributed by atoms with van der Waals surface area (Å²) in [6.45, 7) is 2.53. The quantitative estimate of drug-likeness (QED) is 0.599. The Hall–Kier alpha value is -3.33. The number of nitrogens with one attached hydrogen (secondary N) is 1. The van der Waals surface area contributed by atoms with Gasteiger partial charge < -0.3 is 10.1 Å². The zero-order valence-corrected chi connectivity index (χ0v) is 18.2. The number of carbonyl (C=O) groups excluding carboxylic acids is 1. The van der Waals surface area contributed by atoms with E-state index in [-0.39, 0.29) is 11.9 Å². The zero-order valence-electron chi connectivity index (χ0n) is 18.2. The van der Waals surface area contributed by atoms with Crippen LogP contribution in [0.3, 0.4) is 0 Å². The van der Waals surface area contributed by atoms with Gasteiger partial charge in [0.1, 0.15) is 5.75 Å². The Kier molecular flexibility index (Phi) is 6.69. The SMILES string of the molecule is COc1ccccc1CN1CCC(NC(=O)c2ccc(-n3ccc(C(F)(F)F)n3)cc2)CC1. The van der Waals surface area contributed by atoms with Crippen molar-refractivity contribution in [3.8, 4) is 11.4 Å². The fraction of sp³-hybridized carbons (Fsp3) is 0.333. The molecular formula is C24H25F3N4O2. The van der Waals surface area contributed by atoms with Gasteiger partial charge in [-0.15, -0.1) is 0 Å². The van der Waals surface area contributed by atoms with Gasteiger partial charge in [-0.2, -0.15) is 18.3 Å². The van der Waals surface area contributed by atoms with Gasteiger partial charge in [0.05, 0.1) is 12.8 Å². The molecule has 0 bridgehead atoms. The van der Waals surface area contributed by atoms with Crippen molar-refractivity contribution in [2.75, 3.05) is 20.2 Å². The number of para-hydroxylation sites is 1. The lowest BCUT2D eigenvalue weighted by Crippen LogP contribution is -2.44. The topological polar surface area (TPSA) is 59.4 Å². The van der Waals surface area contributed by atoms with Crippen LogP contribution in [0.25, 0.3) is 5.69 Å². The Balaban J connectivity index is 1.30. The molecule has 3 aromatic rings. The zero-order chi connectivity index (χ0) is 23.4. The number of rotatable bonds is 6. The first-order valence-corrected chi connectivity index (χ1v) is 10.7. The Morgan fingerprint density at radius 1 is 1.09 bits per heavy atom. The van der Waals surface area contributed by atoms with Gasteiger partial charge in [-0.05, 0) is 49.2 Å². The maximum Gasteiger partial charge on any atom is 0.435 e. The summed E-state index contributed by atoms with van der Waals surface area (Å²) in [6, 6.07) is 15.3. The molecule has 0 aliphatic carbocycles. The second kappa shape index (κ2) is 9.66. The van der Waals surface area contributed by atoms with Crippen molar-refractivity contribution < 1.29 is 22.7 Å². The summed E-state index contributed by atoms with van der Waals surface area (Å²) in [6.07, 6.45) is -1.57. The van der Waals surface area contributed by atoms with Crippen LogP contribution in [0.2, 0.25) is 0 Å². The van der Waals surface area contributed by atoms with Gasteiger partial charge in [0.25, 0.3) is 5.91 Å². The molecule has 9 heteroatoms. The lowest BCUT2D eigenvalue weighted by atomic mass is 10.0. The first-order chi connectivity index (χ1) is 15.8. The van der Waals surface area contributed by atoms with Gasteiger partial charge in [-0.25, -0.2) is 4.68 Å². The normalized spacial score (nSPS) is 15.4. The molecule has 0 spiro atoms. The maximum absolute atomic E-state index is 12.7. The van der Waals surface area contributed by atoms with Crippen molar-refractivity contribution >= 4 is 5.91 Å². The molecule has 1 aliphatic heterocycles. The second-order valence-electron chi connectivity index (χ2n) is 8.03. The fourth-order valence-corrected chi connectivity index (χ4v) is 3.96. The van der Waals surface area contributed by atoms with Gasteiger partial charge >= 0.3 is 6.18 Å². The molecule has 1 saturated heterocycles. The molecule has 2 aromatic carbocycles. The molecule has 33 heavy (non-hydrogen) atoms. The summed E-state index contributed by atoms with van der Waals surface area (Å²) in [4.78, 5) is 15.0. The molecule has 4 rings (SSSR count). The summed E-state index contributed by atoms with van der Waals surface area (Å²) in [5.74, 6) is 0.683. The number of hydrogen-bond acceptors (Lipinski definition) is 4. The molecule has 1 amide bonds. The van der Waals surface area contributed by atoms with E-state index in [1.165, 1.54) is 6.20 Å². The molecule has 1 fully saturated rings. The van der Waals surface area contributed by atoms with Crippen LogP contribution in [0.15, 0.2) is 60.8 Å². The van der Waals surface area contributed by atoms with Crippen molar-refractivity contribution in [2.24, 2.45) is 0 Å². The third kappa shape index (κ3) is 5.54. The highest BCUT2D eigenvalue weighted by Crippen LogP contribution is 2.28. The molecule has 0 atom stereocenters. The van der Waals surface area contributed by atoms with Crippen LogP contribution >= 0.6 is 0 Å². The minimum atomic E-state index is -4.49. The minimum Gasteiger partial charge on any atom is -0.496 e. The van der Waals surface area contributed by atoms with Gasteiger partial charge in [0, 0.05) is 43.0 Å². The standard InChI is InChI=1S/C24H25F3N4O2/c1-33-21-5-3-2-4-18(21)16-30-13-10-19(11-14-30)28-23(32)17-6-8-20(9-7-17)31-15-12-22(29-31)24(25,26)27/h2-9,12,15,19H,10-11,13-14,16H2,1H3,(H,28,32). The Bertz CT molecular complexity index is 1090. The Morgan fingerprint density at radius 3 is 2.42 bits per heavy atom. The van der Waals surface area contributed by atoms with Crippen LogP contribution in [0.5, 0.6) is 5.75 Å². The van der Waals surface area contributed by atoms with Gasteiger partial charge in [-0.1, -0.05) is 18.2 Å². The number of piperidine rings is 1. The van der Waals surface area contributed by atoms with Gasteiger partial charge in [0.15, 0.2) is 5.69 Å². The molecule has 1 aliphatic rings. The van der Waals surface area contributed by atoms with E-state index in [2.05, 4.69) is 21.4 Å². The van der Waals surface area contributed by atoms with Crippen LogP contribution in [-0.4, -0.2) is 46.8 Å².